The highest BCUT2D eigenvalue weighted by Crippen LogP contribution is 2.28. The van der Waals surface area contributed by atoms with Crippen molar-refractivity contribution in [3.05, 3.63) is 93.7 Å². The van der Waals surface area contributed by atoms with Crippen LogP contribution in [0.5, 0.6) is 11.5 Å². The smallest absolute Gasteiger partial charge is 0.254 e. The largest absolute Gasteiger partial charge is 0.493 e. The van der Waals surface area contributed by atoms with Crippen LogP contribution in [0, 0.1) is 6.92 Å². The Morgan fingerprint density at radius 3 is 2.23 bits per heavy atom. The van der Waals surface area contributed by atoms with E-state index in [9.17, 15) is 9.59 Å². The lowest BCUT2D eigenvalue weighted by molar-refractivity contribution is -0.132. The summed E-state index contributed by atoms with van der Waals surface area (Å²) in [6.07, 6.45) is 2.30. The van der Waals surface area contributed by atoms with Crippen molar-refractivity contribution in [3.8, 4) is 11.5 Å². The standard InChI is InChI=1S/C32H40N2O4S/c1-8-17-34(31(36)25-10-12-26(13-11-25)32(3,4)5)22-30(35)33(21-29-23(2)16-19-39-29)18-15-24-9-14-27(37-6)28(20-24)38-7/h8-14,16,19-20H,1,15,17-18,21-22H2,2-7H3. The summed E-state index contributed by atoms with van der Waals surface area (Å²) in [6.45, 7) is 13.5. The van der Waals surface area contributed by atoms with E-state index < -0.39 is 0 Å². The van der Waals surface area contributed by atoms with E-state index in [1.807, 2.05) is 52.7 Å². The van der Waals surface area contributed by atoms with Gasteiger partial charge in [-0.1, -0.05) is 45.0 Å². The predicted octanol–water partition coefficient (Wildman–Crippen LogP) is 6.27. The third kappa shape index (κ3) is 7.96. The number of hydrogen-bond acceptors (Lipinski definition) is 5. The van der Waals surface area contributed by atoms with E-state index in [0.717, 1.165) is 21.6 Å². The number of benzene rings is 2. The van der Waals surface area contributed by atoms with Crippen molar-refractivity contribution in [1.82, 2.24) is 9.80 Å². The number of thiophene rings is 1. The molecule has 1 heterocycles. The van der Waals surface area contributed by atoms with Gasteiger partial charge in [-0.05, 0) is 71.2 Å². The highest BCUT2D eigenvalue weighted by atomic mass is 32.1. The minimum atomic E-state index is -0.184. The summed E-state index contributed by atoms with van der Waals surface area (Å²) in [5.74, 6) is 1.03. The maximum atomic E-state index is 13.7. The molecule has 39 heavy (non-hydrogen) atoms. The van der Waals surface area contributed by atoms with Crippen molar-refractivity contribution in [2.24, 2.45) is 0 Å². The molecular weight excluding hydrogens is 508 g/mol. The molecule has 3 rings (SSSR count). The molecule has 0 unspecified atom stereocenters. The summed E-state index contributed by atoms with van der Waals surface area (Å²) in [7, 11) is 3.22. The van der Waals surface area contributed by atoms with Crippen molar-refractivity contribution in [3.63, 3.8) is 0 Å². The zero-order chi connectivity index (χ0) is 28.6. The quantitative estimate of drug-likeness (QED) is 0.250. The molecule has 7 heteroatoms. The van der Waals surface area contributed by atoms with E-state index in [4.69, 9.17) is 9.47 Å². The van der Waals surface area contributed by atoms with Crippen molar-refractivity contribution in [2.45, 2.75) is 46.1 Å². The Morgan fingerprint density at radius 1 is 0.974 bits per heavy atom. The number of aryl methyl sites for hydroxylation is 1. The first-order valence-electron chi connectivity index (χ1n) is 13.1. The molecule has 0 atom stereocenters. The molecule has 3 aromatic rings. The molecule has 2 amide bonds. The Balaban J connectivity index is 1.79. The monoisotopic (exact) mass is 548 g/mol. The first-order valence-corrected chi connectivity index (χ1v) is 14.0. The third-order valence-electron chi connectivity index (χ3n) is 6.73. The first kappa shape index (κ1) is 30.0. The van der Waals surface area contributed by atoms with Crippen LogP contribution in [0.15, 0.2) is 66.6 Å². The summed E-state index contributed by atoms with van der Waals surface area (Å²) in [4.78, 5) is 31.6. The zero-order valence-corrected chi connectivity index (χ0v) is 24.8. The SMILES string of the molecule is C=CCN(CC(=O)N(CCc1ccc(OC)c(OC)c1)Cc1sccc1C)C(=O)c1ccc(C(C)(C)C)cc1. The maximum absolute atomic E-state index is 13.7. The lowest BCUT2D eigenvalue weighted by atomic mass is 9.86. The van der Waals surface area contributed by atoms with Gasteiger partial charge in [0.2, 0.25) is 5.91 Å². The van der Waals surface area contributed by atoms with Gasteiger partial charge in [-0.25, -0.2) is 0 Å². The summed E-state index contributed by atoms with van der Waals surface area (Å²) >= 11 is 1.64. The Kier molecular flexibility index (Phi) is 10.4. The molecule has 0 saturated carbocycles. The molecule has 0 saturated heterocycles. The number of carbonyl (C=O) groups is 2. The highest BCUT2D eigenvalue weighted by Gasteiger charge is 2.23. The molecule has 6 nitrogen and oxygen atoms in total. The van der Waals surface area contributed by atoms with Gasteiger partial charge in [0.1, 0.15) is 6.54 Å². The fraction of sp³-hybridized carbons (Fsp3) is 0.375. The van der Waals surface area contributed by atoms with Crippen LogP contribution in [-0.4, -0.2) is 55.5 Å². The molecule has 0 N–H and O–H groups in total. The molecule has 0 aliphatic carbocycles. The lowest BCUT2D eigenvalue weighted by Gasteiger charge is -2.27. The Bertz CT molecular complexity index is 1270. The van der Waals surface area contributed by atoms with Crippen LogP contribution in [0.4, 0.5) is 0 Å². The second kappa shape index (κ2) is 13.5. The Labute approximate surface area is 236 Å². The van der Waals surface area contributed by atoms with Gasteiger partial charge in [-0.15, -0.1) is 17.9 Å². The van der Waals surface area contributed by atoms with Gasteiger partial charge in [0.05, 0.1) is 20.8 Å². The fourth-order valence-electron chi connectivity index (χ4n) is 4.27. The van der Waals surface area contributed by atoms with E-state index >= 15 is 0 Å². The third-order valence-corrected chi connectivity index (χ3v) is 7.74. The van der Waals surface area contributed by atoms with Crippen LogP contribution in [0.1, 0.15) is 52.7 Å². The van der Waals surface area contributed by atoms with Crippen LogP contribution in [0.3, 0.4) is 0 Å². The second-order valence-corrected chi connectivity index (χ2v) is 11.6. The van der Waals surface area contributed by atoms with Crippen molar-refractivity contribution >= 4 is 23.2 Å². The first-order chi connectivity index (χ1) is 18.6. The summed E-state index contributed by atoms with van der Waals surface area (Å²) < 4.78 is 10.8. The minimum absolute atomic E-state index is 0.00727. The van der Waals surface area contributed by atoms with Gasteiger partial charge >= 0.3 is 0 Å². The fourth-order valence-corrected chi connectivity index (χ4v) is 5.19. The number of rotatable bonds is 12. The topological polar surface area (TPSA) is 59.1 Å². The van der Waals surface area contributed by atoms with Gasteiger partial charge in [0.15, 0.2) is 11.5 Å². The molecule has 0 radical (unpaired) electrons. The van der Waals surface area contributed by atoms with Crippen molar-refractivity contribution in [2.75, 3.05) is 33.9 Å². The molecule has 2 aromatic carbocycles. The van der Waals surface area contributed by atoms with E-state index in [1.165, 1.54) is 0 Å². The lowest BCUT2D eigenvalue weighted by Crippen LogP contribution is -2.43. The molecule has 0 bridgehead atoms. The van der Waals surface area contributed by atoms with Gasteiger partial charge in [0, 0.05) is 23.5 Å². The van der Waals surface area contributed by atoms with E-state index in [2.05, 4.69) is 40.3 Å². The van der Waals surface area contributed by atoms with Crippen LogP contribution in [-0.2, 0) is 23.2 Å². The normalized spacial score (nSPS) is 11.1. The van der Waals surface area contributed by atoms with E-state index in [1.54, 1.807) is 36.5 Å². The van der Waals surface area contributed by atoms with Crippen molar-refractivity contribution < 1.29 is 19.1 Å². The molecule has 1 aromatic heterocycles. The van der Waals surface area contributed by atoms with E-state index in [0.29, 0.717) is 36.6 Å². The predicted molar refractivity (Wildman–Crippen MR) is 159 cm³/mol. The van der Waals surface area contributed by atoms with Crippen LogP contribution < -0.4 is 9.47 Å². The Hall–Kier alpha value is -3.58. The Morgan fingerprint density at radius 2 is 1.67 bits per heavy atom. The van der Waals surface area contributed by atoms with E-state index in [-0.39, 0.29) is 30.3 Å². The van der Waals surface area contributed by atoms with Gasteiger partial charge in [0.25, 0.3) is 5.91 Å². The number of methoxy groups -OCH3 is 2. The van der Waals surface area contributed by atoms with Crippen LogP contribution in [0.2, 0.25) is 0 Å². The molecule has 0 spiro atoms. The average molecular weight is 549 g/mol. The average Bonchev–Trinajstić information content (AvgIpc) is 3.33. The highest BCUT2D eigenvalue weighted by molar-refractivity contribution is 7.10. The molecular formula is C32H40N2O4S. The molecule has 0 fully saturated rings. The number of hydrogen-bond donors (Lipinski definition) is 0. The number of nitrogens with zero attached hydrogens (tertiary/aromatic N) is 2. The van der Waals surface area contributed by atoms with Gasteiger partial charge < -0.3 is 19.3 Å². The maximum Gasteiger partial charge on any atom is 0.254 e. The summed E-state index contributed by atoms with van der Waals surface area (Å²) in [5.41, 5.74) is 3.89. The number of carbonyl (C=O) groups excluding carboxylic acids is 2. The number of ether oxygens (including phenoxy) is 2. The van der Waals surface area contributed by atoms with Crippen LogP contribution in [0.25, 0.3) is 0 Å². The van der Waals surface area contributed by atoms with Gasteiger partial charge in [-0.2, -0.15) is 0 Å². The van der Waals surface area contributed by atoms with Crippen molar-refractivity contribution in [1.29, 1.82) is 0 Å². The molecule has 0 aliphatic heterocycles. The molecule has 0 aliphatic rings. The summed E-state index contributed by atoms with van der Waals surface area (Å²) in [5, 5.41) is 2.04. The second-order valence-electron chi connectivity index (χ2n) is 10.6. The molecule has 208 valence electrons. The number of amides is 2. The zero-order valence-electron chi connectivity index (χ0n) is 24.0. The summed E-state index contributed by atoms with van der Waals surface area (Å²) in [6, 6.07) is 15.5. The van der Waals surface area contributed by atoms with Crippen LogP contribution >= 0.6 is 11.3 Å². The van der Waals surface area contributed by atoms with Gasteiger partial charge in [-0.3, -0.25) is 9.59 Å². The minimum Gasteiger partial charge on any atom is -0.493 e.